The number of hydrogen-bond donors (Lipinski definition) is 2. The van der Waals surface area contributed by atoms with Crippen molar-refractivity contribution in [3.05, 3.63) is 0 Å². The molecule has 3 unspecified atom stereocenters. The summed E-state index contributed by atoms with van der Waals surface area (Å²) in [5.41, 5.74) is 0. The van der Waals surface area contributed by atoms with Crippen molar-refractivity contribution in [1.29, 1.82) is 0 Å². The maximum absolute atomic E-state index is 4.38. The van der Waals surface area contributed by atoms with Crippen molar-refractivity contribution in [2.75, 3.05) is 12.3 Å². The number of rotatable bonds is 2. The van der Waals surface area contributed by atoms with Crippen LogP contribution in [0.1, 0.15) is 26.7 Å². The van der Waals surface area contributed by atoms with E-state index in [1.54, 1.807) is 0 Å². The SMILES string of the molecule is CCC1NCC(C)CC1CS. The molecular formula is C9H19NS. The average molecular weight is 173 g/mol. The van der Waals surface area contributed by atoms with E-state index >= 15 is 0 Å². The minimum atomic E-state index is 0.726. The fraction of sp³-hybridized carbons (Fsp3) is 1.00. The van der Waals surface area contributed by atoms with Crippen LogP contribution >= 0.6 is 12.6 Å². The van der Waals surface area contributed by atoms with Gasteiger partial charge < -0.3 is 5.32 Å². The summed E-state index contributed by atoms with van der Waals surface area (Å²) in [6.07, 6.45) is 2.60. The van der Waals surface area contributed by atoms with Crippen LogP contribution in [0.3, 0.4) is 0 Å². The Labute approximate surface area is 75.4 Å². The van der Waals surface area contributed by atoms with Gasteiger partial charge in [0.05, 0.1) is 0 Å². The first-order chi connectivity index (χ1) is 5.27. The third kappa shape index (κ3) is 2.38. The summed E-state index contributed by atoms with van der Waals surface area (Å²) in [6.45, 7) is 5.77. The van der Waals surface area contributed by atoms with E-state index < -0.39 is 0 Å². The summed E-state index contributed by atoms with van der Waals surface area (Å²) in [7, 11) is 0. The molecule has 1 fully saturated rings. The van der Waals surface area contributed by atoms with Crippen LogP contribution < -0.4 is 5.32 Å². The van der Waals surface area contributed by atoms with Gasteiger partial charge in [-0.3, -0.25) is 0 Å². The van der Waals surface area contributed by atoms with Crippen molar-refractivity contribution in [3.63, 3.8) is 0 Å². The van der Waals surface area contributed by atoms with Gasteiger partial charge in [0.25, 0.3) is 0 Å². The van der Waals surface area contributed by atoms with Gasteiger partial charge >= 0.3 is 0 Å². The molecule has 0 saturated carbocycles. The van der Waals surface area contributed by atoms with Crippen molar-refractivity contribution in [2.24, 2.45) is 11.8 Å². The van der Waals surface area contributed by atoms with Gasteiger partial charge in [-0.2, -0.15) is 12.6 Å². The van der Waals surface area contributed by atoms with Gasteiger partial charge in [-0.15, -0.1) is 0 Å². The van der Waals surface area contributed by atoms with Gasteiger partial charge in [-0.25, -0.2) is 0 Å². The molecule has 1 heterocycles. The van der Waals surface area contributed by atoms with Gasteiger partial charge in [0.15, 0.2) is 0 Å². The Morgan fingerprint density at radius 2 is 2.27 bits per heavy atom. The van der Waals surface area contributed by atoms with E-state index in [-0.39, 0.29) is 0 Å². The molecule has 0 aliphatic carbocycles. The molecule has 0 amide bonds. The second-order valence-electron chi connectivity index (χ2n) is 3.71. The highest BCUT2D eigenvalue weighted by Crippen LogP contribution is 2.23. The number of thiol groups is 1. The minimum absolute atomic E-state index is 0.726. The van der Waals surface area contributed by atoms with Gasteiger partial charge in [-0.1, -0.05) is 13.8 Å². The summed E-state index contributed by atoms with van der Waals surface area (Å²) < 4.78 is 0. The zero-order valence-corrected chi connectivity index (χ0v) is 8.40. The lowest BCUT2D eigenvalue weighted by Gasteiger charge is -2.34. The highest BCUT2D eigenvalue weighted by molar-refractivity contribution is 7.80. The van der Waals surface area contributed by atoms with Crippen LogP contribution in [-0.4, -0.2) is 18.3 Å². The number of nitrogens with one attached hydrogen (secondary N) is 1. The molecule has 0 bridgehead atoms. The Morgan fingerprint density at radius 3 is 2.82 bits per heavy atom. The molecule has 0 spiro atoms. The lowest BCUT2D eigenvalue weighted by molar-refractivity contribution is 0.243. The van der Waals surface area contributed by atoms with Crippen molar-refractivity contribution in [2.45, 2.75) is 32.7 Å². The van der Waals surface area contributed by atoms with Crippen LogP contribution in [0, 0.1) is 11.8 Å². The maximum Gasteiger partial charge on any atom is 0.0101 e. The summed E-state index contributed by atoms with van der Waals surface area (Å²) in [5.74, 6) is 2.68. The van der Waals surface area contributed by atoms with Gasteiger partial charge in [0, 0.05) is 6.04 Å². The summed E-state index contributed by atoms with van der Waals surface area (Å²) in [4.78, 5) is 0. The molecule has 1 aliphatic heterocycles. The topological polar surface area (TPSA) is 12.0 Å². The van der Waals surface area contributed by atoms with E-state index in [0.717, 1.165) is 23.6 Å². The smallest absolute Gasteiger partial charge is 0.0101 e. The van der Waals surface area contributed by atoms with E-state index in [4.69, 9.17) is 0 Å². The molecule has 0 aromatic rings. The summed E-state index contributed by atoms with van der Waals surface area (Å²) >= 11 is 4.38. The van der Waals surface area contributed by atoms with E-state index in [9.17, 15) is 0 Å². The first-order valence-corrected chi connectivity index (χ1v) is 5.25. The van der Waals surface area contributed by atoms with E-state index in [1.165, 1.54) is 19.4 Å². The van der Waals surface area contributed by atoms with Gasteiger partial charge in [0.2, 0.25) is 0 Å². The fourth-order valence-electron chi connectivity index (χ4n) is 1.96. The third-order valence-electron chi connectivity index (χ3n) is 2.68. The number of piperidine rings is 1. The lowest BCUT2D eigenvalue weighted by Crippen LogP contribution is -2.45. The predicted octanol–water partition coefficient (Wildman–Crippen LogP) is 1.94. The lowest BCUT2D eigenvalue weighted by atomic mass is 9.85. The first kappa shape index (κ1) is 9.40. The molecule has 0 radical (unpaired) electrons. The van der Waals surface area contributed by atoms with Crippen LogP contribution in [0.2, 0.25) is 0 Å². The second kappa shape index (κ2) is 4.36. The number of hydrogen-bond acceptors (Lipinski definition) is 2. The molecule has 1 saturated heterocycles. The van der Waals surface area contributed by atoms with Crippen LogP contribution in [-0.2, 0) is 0 Å². The standard InChI is InChI=1S/C9H19NS/c1-3-9-8(6-11)4-7(2)5-10-9/h7-11H,3-6H2,1-2H3. The highest BCUT2D eigenvalue weighted by atomic mass is 32.1. The normalized spacial score (nSPS) is 39.0. The van der Waals surface area contributed by atoms with E-state index in [0.29, 0.717) is 0 Å². The predicted molar refractivity (Wildman–Crippen MR) is 53.2 cm³/mol. The van der Waals surface area contributed by atoms with Crippen molar-refractivity contribution < 1.29 is 0 Å². The van der Waals surface area contributed by atoms with E-state index in [2.05, 4.69) is 31.8 Å². The maximum atomic E-state index is 4.38. The molecule has 0 aromatic heterocycles. The van der Waals surface area contributed by atoms with Crippen LogP contribution in [0.15, 0.2) is 0 Å². The van der Waals surface area contributed by atoms with Crippen LogP contribution in [0.4, 0.5) is 0 Å². The molecule has 1 N–H and O–H groups in total. The average Bonchev–Trinajstić information content (AvgIpc) is 2.04. The quantitative estimate of drug-likeness (QED) is 0.608. The molecule has 1 nitrogen and oxygen atoms in total. The van der Waals surface area contributed by atoms with Crippen molar-refractivity contribution in [3.8, 4) is 0 Å². The Balaban J connectivity index is 2.41. The summed E-state index contributed by atoms with van der Waals surface area (Å²) in [6, 6.07) is 0.726. The molecular weight excluding hydrogens is 154 g/mol. The zero-order valence-electron chi connectivity index (χ0n) is 7.51. The van der Waals surface area contributed by atoms with Gasteiger partial charge in [0.1, 0.15) is 0 Å². The second-order valence-corrected chi connectivity index (χ2v) is 4.07. The van der Waals surface area contributed by atoms with Crippen LogP contribution in [0.25, 0.3) is 0 Å². The minimum Gasteiger partial charge on any atom is -0.313 e. The fourth-order valence-corrected chi connectivity index (χ4v) is 2.37. The monoisotopic (exact) mass is 173 g/mol. The molecule has 66 valence electrons. The Bertz CT molecular complexity index is 116. The molecule has 0 aromatic carbocycles. The Kier molecular flexibility index (Phi) is 3.73. The van der Waals surface area contributed by atoms with Gasteiger partial charge in [-0.05, 0) is 37.0 Å². The summed E-state index contributed by atoms with van der Waals surface area (Å²) in [5, 5.41) is 3.57. The van der Waals surface area contributed by atoms with E-state index in [1.807, 2.05) is 0 Å². The molecule has 1 aliphatic rings. The Morgan fingerprint density at radius 1 is 1.55 bits per heavy atom. The van der Waals surface area contributed by atoms with Crippen LogP contribution in [0.5, 0.6) is 0 Å². The molecule has 1 rings (SSSR count). The van der Waals surface area contributed by atoms with Crippen molar-refractivity contribution in [1.82, 2.24) is 5.32 Å². The largest absolute Gasteiger partial charge is 0.313 e. The molecule has 2 heteroatoms. The molecule has 11 heavy (non-hydrogen) atoms. The first-order valence-electron chi connectivity index (χ1n) is 4.62. The molecule has 3 atom stereocenters. The third-order valence-corrected chi connectivity index (χ3v) is 3.15. The Hall–Kier alpha value is 0.310. The highest BCUT2D eigenvalue weighted by Gasteiger charge is 2.25. The zero-order chi connectivity index (χ0) is 8.27. The van der Waals surface area contributed by atoms with Crippen molar-refractivity contribution >= 4 is 12.6 Å².